The van der Waals surface area contributed by atoms with Gasteiger partial charge in [-0.3, -0.25) is 4.79 Å². The third kappa shape index (κ3) is 3.08. The number of aliphatic carboxylic acids is 1. The molecule has 0 aliphatic carbocycles. The summed E-state index contributed by atoms with van der Waals surface area (Å²) in [4.78, 5) is 22.8. The van der Waals surface area contributed by atoms with Crippen LogP contribution in [-0.4, -0.2) is 36.3 Å². The zero-order valence-electron chi connectivity index (χ0n) is 11.4. The van der Waals surface area contributed by atoms with E-state index in [2.05, 4.69) is 5.32 Å². The molecule has 2 unspecified atom stereocenters. The molecule has 108 valence electrons. The molecule has 1 aromatic rings. The molecule has 1 saturated heterocycles. The highest BCUT2D eigenvalue weighted by atomic mass is 16.5. The maximum Gasteiger partial charge on any atom is 0.332 e. The standard InChI is InChI=1S/C14H17NO5/c1-8-7-9(19-2)3-4-10(8)15-13(16)11-5-6-12(20-11)14(17)18/h3-4,7,11-12H,5-6H2,1-2H3,(H,15,16)(H,17,18). The van der Waals surface area contributed by atoms with Crippen molar-refractivity contribution in [2.45, 2.75) is 32.0 Å². The Morgan fingerprint density at radius 3 is 2.60 bits per heavy atom. The molecular formula is C14H17NO5. The summed E-state index contributed by atoms with van der Waals surface area (Å²) in [5.41, 5.74) is 1.53. The second-order valence-electron chi connectivity index (χ2n) is 4.70. The molecule has 1 aliphatic rings. The van der Waals surface area contributed by atoms with E-state index in [1.807, 2.05) is 13.0 Å². The van der Waals surface area contributed by atoms with Crippen LogP contribution in [0.25, 0.3) is 0 Å². The van der Waals surface area contributed by atoms with E-state index in [4.69, 9.17) is 14.6 Å². The summed E-state index contributed by atoms with van der Waals surface area (Å²) >= 11 is 0. The Balaban J connectivity index is 2.00. The third-order valence-corrected chi connectivity index (χ3v) is 3.28. The summed E-state index contributed by atoms with van der Waals surface area (Å²) in [5.74, 6) is -0.633. The van der Waals surface area contributed by atoms with Gasteiger partial charge in [0.25, 0.3) is 5.91 Å². The second kappa shape index (κ2) is 5.92. The smallest absolute Gasteiger partial charge is 0.332 e. The molecule has 1 aliphatic heterocycles. The number of amides is 1. The molecule has 20 heavy (non-hydrogen) atoms. The molecule has 0 saturated carbocycles. The molecular weight excluding hydrogens is 262 g/mol. The van der Waals surface area contributed by atoms with Crippen LogP contribution in [0.3, 0.4) is 0 Å². The SMILES string of the molecule is COc1ccc(NC(=O)C2CCC(C(=O)O)O2)c(C)c1. The van der Waals surface area contributed by atoms with Crippen LogP contribution in [-0.2, 0) is 14.3 Å². The predicted octanol–water partition coefficient (Wildman–Crippen LogP) is 1.57. The number of methoxy groups -OCH3 is 1. The van der Waals surface area contributed by atoms with Gasteiger partial charge in [-0.1, -0.05) is 0 Å². The van der Waals surface area contributed by atoms with E-state index >= 15 is 0 Å². The Morgan fingerprint density at radius 2 is 2.05 bits per heavy atom. The predicted molar refractivity (Wildman–Crippen MR) is 71.9 cm³/mol. The van der Waals surface area contributed by atoms with Gasteiger partial charge in [0.1, 0.15) is 11.9 Å². The molecule has 6 nitrogen and oxygen atoms in total. The van der Waals surface area contributed by atoms with Crippen molar-refractivity contribution < 1.29 is 24.2 Å². The first-order valence-corrected chi connectivity index (χ1v) is 6.35. The molecule has 2 N–H and O–H groups in total. The van der Waals surface area contributed by atoms with Gasteiger partial charge in [0.15, 0.2) is 6.10 Å². The minimum absolute atomic E-state index is 0.318. The van der Waals surface area contributed by atoms with Gasteiger partial charge in [0.05, 0.1) is 7.11 Å². The van der Waals surface area contributed by atoms with Gasteiger partial charge in [-0.2, -0.15) is 0 Å². The van der Waals surface area contributed by atoms with Crippen molar-refractivity contribution in [1.82, 2.24) is 0 Å². The van der Waals surface area contributed by atoms with Gasteiger partial charge < -0.3 is 19.9 Å². The Morgan fingerprint density at radius 1 is 1.35 bits per heavy atom. The first-order chi connectivity index (χ1) is 9.51. The number of carboxylic acid groups (broad SMARTS) is 1. The first-order valence-electron chi connectivity index (χ1n) is 6.35. The molecule has 2 rings (SSSR count). The van der Waals surface area contributed by atoms with Crippen molar-refractivity contribution in [3.8, 4) is 5.75 Å². The number of rotatable bonds is 4. The number of carbonyl (C=O) groups is 2. The molecule has 1 aromatic carbocycles. The van der Waals surface area contributed by atoms with E-state index in [-0.39, 0.29) is 5.91 Å². The van der Waals surface area contributed by atoms with E-state index in [1.54, 1.807) is 19.2 Å². The quantitative estimate of drug-likeness (QED) is 0.874. The summed E-state index contributed by atoms with van der Waals surface area (Å²) in [5, 5.41) is 11.6. The molecule has 0 aromatic heterocycles. The summed E-state index contributed by atoms with van der Waals surface area (Å²) in [7, 11) is 1.57. The highest BCUT2D eigenvalue weighted by Gasteiger charge is 2.34. The van der Waals surface area contributed by atoms with Crippen LogP contribution >= 0.6 is 0 Å². The van der Waals surface area contributed by atoms with Crippen molar-refractivity contribution in [1.29, 1.82) is 0 Å². The van der Waals surface area contributed by atoms with Crippen LogP contribution in [0.5, 0.6) is 5.75 Å². The normalized spacial score (nSPS) is 21.5. The van der Waals surface area contributed by atoms with Gasteiger partial charge >= 0.3 is 5.97 Å². The Hall–Kier alpha value is -2.08. The minimum atomic E-state index is -1.03. The number of aryl methyl sites for hydroxylation is 1. The highest BCUT2D eigenvalue weighted by Crippen LogP contribution is 2.24. The second-order valence-corrected chi connectivity index (χ2v) is 4.70. The number of nitrogens with one attached hydrogen (secondary N) is 1. The van der Waals surface area contributed by atoms with Gasteiger partial charge in [0.2, 0.25) is 0 Å². The molecule has 0 radical (unpaired) electrons. The van der Waals surface area contributed by atoms with Crippen LogP contribution in [0.4, 0.5) is 5.69 Å². The zero-order chi connectivity index (χ0) is 14.7. The lowest BCUT2D eigenvalue weighted by atomic mass is 10.1. The lowest BCUT2D eigenvalue weighted by Gasteiger charge is -2.14. The maximum absolute atomic E-state index is 12.0. The average molecular weight is 279 g/mol. The molecule has 1 fully saturated rings. The molecule has 2 atom stereocenters. The monoisotopic (exact) mass is 279 g/mol. The van der Waals surface area contributed by atoms with Crippen LogP contribution in [0.15, 0.2) is 18.2 Å². The molecule has 1 heterocycles. The zero-order valence-corrected chi connectivity index (χ0v) is 11.4. The largest absolute Gasteiger partial charge is 0.497 e. The summed E-state index contributed by atoms with van der Waals surface area (Å²) in [6, 6.07) is 5.30. The molecule has 0 spiro atoms. The minimum Gasteiger partial charge on any atom is -0.497 e. The van der Waals surface area contributed by atoms with E-state index < -0.39 is 18.2 Å². The lowest BCUT2D eigenvalue weighted by molar-refractivity contribution is -0.150. The summed E-state index contributed by atoms with van der Waals surface area (Å²) in [6.45, 7) is 1.85. The van der Waals surface area contributed by atoms with Crippen LogP contribution in [0, 0.1) is 6.92 Å². The summed E-state index contributed by atoms with van der Waals surface area (Å²) < 4.78 is 10.3. The Bertz CT molecular complexity index is 528. The van der Waals surface area contributed by atoms with Crippen molar-refractivity contribution in [2.24, 2.45) is 0 Å². The van der Waals surface area contributed by atoms with Crippen LogP contribution < -0.4 is 10.1 Å². The topological polar surface area (TPSA) is 84.9 Å². The number of carboxylic acids is 1. The first kappa shape index (κ1) is 14.3. The highest BCUT2D eigenvalue weighted by molar-refractivity contribution is 5.95. The Kier molecular flexibility index (Phi) is 4.24. The fourth-order valence-corrected chi connectivity index (χ4v) is 2.13. The maximum atomic E-state index is 12.0. The van der Waals surface area contributed by atoms with Gasteiger partial charge in [-0.05, 0) is 43.5 Å². The number of hydrogen-bond acceptors (Lipinski definition) is 4. The van der Waals surface area contributed by atoms with Gasteiger partial charge in [-0.15, -0.1) is 0 Å². The van der Waals surface area contributed by atoms with Gasteiger partial charge in [0, 0.05) is 5.69 Å². The van der Waals surface area contributed by atoms with Crippen molar-refractivity contribution in [3.63, 3.8) is 0 Å². The van der Waals surface area contributed by atoms with E-state index in [9.17, 15) is 9.59 Å². The Labute approximate surface area is 116 Å². The van der Waals surface area contributed by atoms with Crippen LogP contribution in [0.1, 0.15) is 18.4 Å². The van der Waals surface area contributed by atoms with Gasteiger partial charge in [-0.25, -0.2) is 4.79 Å². The molecule has 6 heteroatoms. The van der Waals surface area contributed by atoms with Crippen molar-refractivity contribution >= 4 is 17.6 Å². The number of hydrogen-bond donors (Lipinski definition) is 2. The van der Waals surface area contributed by atoms with E-state index in [0.717, 1.165) is 5.56 Å². The molecule has 0 bridgehead atoms. The number of carbonyl (C=O) groups excluding carboxylic acids is 1. The van der Waals surface area contributed by atoms with Crippen LogP contribution in [0.2, 0.25) is 0 Å². The van der Waals surface area contributed by atoms with E-state index in [1.165, 1.54) is 0 Å². The number of benzene rings is 1. The lowest BCUT2D eigenvalue weighted by Crippen LogP contribution is -2.30. The van der Waals surface area contributed by atoms with E-state index in [0.29, 0.717) is 24.3 Å². The number of ether oxygens (including phenoxy) is 2. The summed E-state index contributed by atoms with van der Waals surface area (Å²) in [6.07, 6.45) is -0.826. The number of anilines is 1. The van der Waals surface area contributed by atoms with Crippen molar-refractivity contribution in [2.75, 3.05) is 12.4 Å². The fraction of sp³-hybridized carbons (Fsp3) is 0.429. The molecule has 1 amide bonds. The fourth-order valence-electron chi connectivity index (χ4n) is 2.13. The third-order valence-electron chi connectivity index (χ3n) is 3.28. The van der Waals surface area contributed by atoms with Crippen molar-refractivity contribution in [3.05, 3.63) is 23.8 Å². The average Bonchev–Trinajstić information content (AvgIpc) is 2.91.